The Hall–Kier alpha value is -1.00. The molecule has 1 aromatic rings. The molecule has 4 heteroatoms. The Morgan fingerprint density at radius 1 is 1.17 bits per heavy atom. The van der Waals surface area contributed by atoms with Gasteiger partial charge in [-0.1, -0.05) is 38.1 Å². The molecule has 0 unspecified atom stereocenters. The Bertz CT molecular complexity index is 309. The summed E-state index contributed by atoms with van der Waals surface area (Å²) < 4.78 is 29.0. The maximum Gasteiger partial charge on any atom is 0.261 e. The summed E-state index contributed by atoms with van der Waals surface area (Å²) in [6, 6.07) is 8.26. The lowest BCUT2D eigenvalue weighted by Crippen LogP contribution is -2.25. The van der Waals surface area contributed by atoms with E-state index in [0.717, 1.165) is 24.1 Å². The van der Waals surface area contributed by atoms with Crippen molar-refractivity contribution in [2.45, 2.75) is 39.3 Å². The van der Waals surface area contributed by atoms with E-state index in [2.05, 4.69) is 19.2 Å². The minimum atomic E-state index is -2.40. The lowest BCUT2D eigenvalue weighted by Gasteiger charge is -2.12. The first kappa shape index (κ1) is 15.1. The molecule has 1 rings (SSSR count). The molecule has 18 heavy (non-hydrogen) atoms. The Morgan fingerprint density at radius 2 is 1.83 bits per heavy atom. The van der Waals surface area contributed by atoms with Crippen molar-refractivity contribution in [3.05, 3.63) is 35.4 Å². The molecule has 0 aromatic heterocycles. The zero-order valence-electron chi connectivity index (χ0n) is 11.0. The van der Waals surface area contributed by atoms with Gasteiger partial charge in [0.15, 0.2) is 0 Å². The lowest BCUT2D eigenvalue weighted by molar-refractivity contribution is 0.00966. The molecule has 0 atom stereocenters. The number of hydrogen-bond donors (Lipinski definition) is 1. The zero-order valence-corrected chi connectivity index (χ0v) is 11.0. The van der Waals surface area contributed by atoms with E-state index < -0.39 is 13.0 Å². The van der Waals surface area contributed by atoms with Crippen LogP contribution in [0.3, 0.4) is 0 Å². The number of nitrogens with one attached hydrogen (secondary N) is 1. The second-order valence-corrected chi connectivity index (χ2v) is 4.53. The topological polar surface area (TPSA) is 21.3 Å². The summed E-state index contributed by atoms with van der Waals surface area (Å²) in [5, 5.41) is 3.33. The van der Waals surface area contributed by atoms with Crippen molar-refractivity contribution in [2.24, 2.45) is 0 Å². The van der Waals surface area contributed by atoms with Crippen LogP contribution in [0.1, 0.15) is 25.0 Å². The molecule has 0 saturated carbocycles. The fraction of sp³-hybridized carbons (Fsp3) is 0.571. The first-order valence-corrected chi connectivity index (χ1v) is 6.25. The molecule has 0 aliphatic rings. The molecule has 2 nitrogen and oxygen atoms in total. The quantitative estimate of drug-likeness (QED) is 0.773. The number of ether oxygens (including phenoxy) is 1. The van der Waals surface area contributed by atoms with E-state index in [4.69, 9.17) is 4.74 Å². The standard InChI is InChI=1S/C14H21F2NO/c1-11(2)17-8-7-12-5-3-4-6-13(12)9-18-10-14(15)16/h3-6,11,14,17H,7-10H2,1-2H3. The number of hydrogen-bond acceptors (Lipinski definition) is 2. The molecule has 0 heterocycles. The minimum absolute atomic E-state index is 0.252. The van der Waals surface area contributed by atoms with Crippen LogP contribution in [-0.2, 0) is 17.8 Å². The fourth-order valence-electron chi connectivity index (χ4n) is 1.70. The molecule has 1 aromatic carbocycles. The van der Waals surface area contributed by atoms with Gasteiger partial charge in [-0.05, 0) is 24.1 Å². The minimum Gasteiger partial charge on any atom is -0.371 e. The van der Waals surface area contributed by atoms with Crippen molar-refractivity contribution in [3.63, 3.8) is 0 Å². The van der Waals surface area contributed by atoms with Crippen LogP contribution in [0.4, 0.5) is 8.78 Å². The Kier molecular flexibility index (Phi) is 6.83. The molecule has 0 fully saturated rings. The molecule has 0 aliphatic carbocycles. The van der Waals surface area contributed by atoms with Crippen LogP contribution in [0, 0.1) is 0 Å². The summed E-state index contributed by atoms with van der Waals surface area (Å²) in [6.45, 7) is 4.82. The van der Waals surface area contributed by atoms with E-state index in [1.54, 1.807) is 0 Å². The zero-order chi connectivity index (χ0) is 13.4. The first-order chi connectivity index (χ1) is 8.59. The summed E-state index contributed by atoms with van der Waals surface area (Å²) >= 11 is 0. The molecular formula is C14H21F2NO. The summed E-state index contributed by atoms with van der Waals surface area (Å²) in [7, 11) is 0. The van der Waals surface area contributed by atoms with Gasteiger partial charge in [-0.25, -0.2) is 8.78 Å². The normalized spacial score (nSPS) is 11.4. The van der Waals surface area contributed by atoms with Gasteiger partial charge in [-0.2, -0.15) is 0 Å². The van der Waals surface area contributed by atoms with Crippen LogP contribution in [0.2, 0.25) is 0 Å². The lowest BCUT2D eigenvalue weighted by atomic mass is 10.1. The van der Waals surface area contributed by atoms with E-state index in [9.17, 15) is 8.78 Å². The highest BCUT2D eigenvalue weighted by atomic mass is 19.3. The van der Waals surface area contributed by atoms with E-state index in [-0.39, 0.29) is 6.61 Å². The Morgan fingerprint density at radius 3 is 2.44 bits per heavy atom. The maximum absolute atomic E-state index is 12.0. The van der Waals surface area contributed by atoms with Crippen molar-refractivity contribution in [2.75, 3.05) is 13.2 Å². The van der Waals surface area contributed by atoms with Crippen LogP contribution in [0.15, 0.2) is 24.3 Å². The number of alkyl halides is 2. The van der Waals surface area contributed by atoms with Gasteiger partial charge in [-0.15, -0.1) is 0 Å². The second kappa shape index (κ2) is 8.16. The van der Waals surface area contributed by atoms with Crippen LogP contribution in [0.5, 0.6) is 0 Å². The van der Waals surface area contributed by atoms with Crippen LogP contribution < -0.4 is 5.32 Å². The van der Waals surface area contributed by atoms with Gasteiger partial charge in [0.1, 0.15) is 6.61 Å². The van der Waals surface area contributed by atoms with E-state index >= 15 is 0 Å². The molecule has 0 spiro atoms. The highest BCUT2D eigenvalue weighted by Crippen LogP contribution is 2.11. The SMILES string of the molecule is CC(C)NCCc1ccccc1COCC(F)F. The smallest absolute Gasteiger partial charge is 0.261 e. The highest BCUT2D eigenvalue weighted by Gasteiger charge is 2.05. The molecule has 0 radical (unpaired) electrons. The second-order valence-electron chi connectivity index (χ2n) is 4.53. The first-order valence-electron chi connectivity index (χ1n) is 6.25. The predicted molar refractivity (Wildman–Crippen MR) is 68.9 cm³/mol. The predicted octanol–water partition coefficient (Wildman–Crippen LogP) is 3.01. The highest BCUT2D eigenvalue weighted by molar-refractivity contribution is 5.26. The van der Waals surface area contributed by atoms with Gasteiger partial charge < -0.3 is 10.1 Å². The molecule has 0 saturated heterocycles. The van der Waals surface area contributed by atoms with Crippen molar-refractivity contribution in [3.8, 4) is 0 Å². The summed E-state index contributed by atoms with van der Waals surface area (Å²) in [5.74, 6) is 0. The summed E-state index contributed by atoms with van der Waals surface area (Å²) in [5.41, 5.74) is 2.14. The van der Waals surface area contributed by atoms with Crippen molar-refractivity contribution in [1.29, 1.82) is 0 Å². The molecule has 0 bridgehead atoms. The van der Waals surface area contributed by atoms with Gasteiger partial charge in [0.2, 0.25) is 0 Å². The molecule has 102 valence electrons. The number of rotatable bonds is 8. The van der Waals surface area contributed by atoms with Crippen LogP contribution >= 0.6 is 0 Å². The molecular weight excluding hydrogens is 236 g/mol. The molecule has 0 aliphatic heterocycles. The van der Waals surface area contributed by atoms with Crippen molar-refractivity contribution < 1.29 is 13.5 Å². The van der Waals surface area contributed by atoms with Crippen molar-refractivity contribution >= 4 is 0 Å². The largest absolute Gasteiger partial charge is 0.371 e. The van der Waals surface area contributed by atoms with E-state index in [1.165, 1.54) is 0 Å². The van der Waals surface area contributed by atoms with Gasteiger partial charge in [0.25, 0.3) is 6.43 Å². The Labute approximate surface area is 107 Å². The summed E-state index contributed by atoms with van der Waals surface area (Å²) in [6.07, 6.45) is -1.52. The third-order valence-electron chi connectivity index (χ3n) is 2.57. The van der Waals surface area contributed by atoms with Gasteiger partial charge in [-0.3, -0.25) is 0 Å². The van der Waals surface area contributed by atoms with Gasteiger partial charge in [0, 0.05) is 6.04 Å². The van der Waals surface area contributed by atoms with Crippen molar-refractivity contribution in [1.82, 2.24) is 5.32 Å². The third-order valence-corrected chi connectivity index (χ3v) is 2.57. The van der Waals surface area contributed by atoms with Crippen LogP contribution in [0.25, 0.3) is 0 Å². The van der Waals surface area contributed by atoms with E-state index in [0.29, 0.717) is 6.04 Å². The third kappa shape index (κ3) is 6.07. The van der Waals surface area contributed by atoms with Gasteiger partial charge >= 0.3 is 0 Å². The Balaban J connectivity index is 2.45. The molecule has 1 N–H and O–H groups in total. The fourth-order valence-corrected chi connectivity index (χ4v) is 1.70. The number of benzene rings is 1. The monoisotopic (exact) mass is 257 g/mol. The summed E-state index contributed by atoms with van der Waals surface area (Å²) in [4.78, 5) is 0. The average molecular weight is 257 g/mol. The maximum atomic E-state index is 12.0. The average Bonchev–Trinajstić information content (AvgIpc) is 2.30. The number of halogens is 2. The van der Waals surface area contributed by atoms with Gasteiger partial charge in [0.05, 0.1) is 6.61 Å². The van der Waals surface area contributed by atoms with Crippen LogP contribution in [-0.4, -0.2) is 25.6 Å². The van der Waals surface area contributed by atoms with E-state index in [1.807, 2.05) is 24.3 Å². The molecule has 0 amide bonds.